The van der Waals surface area contributed by atoms with Crippen molar-refractivity contribution in [3.05, 3.63) is 59.4 Å². The molecule has 4 heterocycles. The van der Waals surface area contributed by atoms with Gasteiger partial charge in [-0.15, -0.1) is 0 Å². The standard InChI is InChI=1S/C22H19F3N6O/c23-3-4-26-14-8-16(24)19(17(25)9-14)22-29-18-11-28-31-20(18)15-7-13(10-27-21(15)30-22)12-1-5-32-6-2-12/h1,7-11,26H,2-6H2,(H,28,31)(H,27,29,30). The number of pyridine rings is 1. The summed E-state index contributed by atoms with van der Waals surface area (Å²) in [5.41, 5.74) is 3.63. The molecule has 3 aromatic rings. The quantitative estimate of drug-likeness (QED) is 0.546. The molecule has 0 bridgehead atoms. The van der Waals surface area contributed by atoms with Gasteiger partial charge >= 0.3 is 0 Å². The number of hydrogen-bond acceptors (Lipinski definition) is 6. The summed E-state index contributed by atoms with van der Waals surface area (Å²) in [7, 11) is 0. The number of H-pyrrole nitrogens is 1. The monoisotopic (exact) mass is 440 g/mol. The number of ether oxygens (including phenoxy) is 1. The number of aromatic nitrogens is 3. The smallest absolute Gasteiger partial charge is 0.163 e. The van der Waals surface area contributed by atoms with E-state index in [2.05, 4.69) is 30.8 Å². The molecule has 2 aliphatic rings. The molecule has 0 aliphatic carbocycles. The van der Waals surface area contributed by atoms with Gasteiger partial charge in [-0.3, -0.25) is 5.10 Å². The Morgan fingerprint density at radius 2 is 1.97 bits per heavy atom. The molecule has 0 saturated heterocycles. The van der Waals surface area contributed by atoms with E-state index in [1.807, 2.05) is 12.1 Å². The molecule has 164 valence electrons. The van der Waals surface area contributed by atoms with Crippen molar-refractivity contribution in [1.29, 1.82) is 0 Å². The maximum absolute atomic E-state index is 14.9. The zero-order valence-corrected chi connectivity index (χ0v) is 16.9. The van der Waals surface area contributed by atoms with Crippen LogP contribution in [0.5, 0.6) is 0 Å². The van der Waals surface area contributed by atoms with Gasteiger partial charge in [0.25, 0.3) is 0 Å². The van der Waals surface area contributed by atoms with Gasteiger partial charge in [-0.2, -0.15) is 5.10 Å². The number of nitrogens with one attached hydrogen (secondary N) is 3. The summed E-state index contributed by atoms with van der Waals surface area (Å²) in [4.78, 5) is 8.91. The van der Waals surface area contributed by atoms with E-state index in [1.54, 1.807) is 6.20 Å². The molecule has 7 nitrogen and oxygen atoms in total. The minimum absolute atomic E-state index is 0.0380. The molecule has 32 heavy (non-hydrogen) atoms. The molecule has 1 aromatic carbocycles. The van der Waals surface area contributed by atoms with E-state index in [0.29, 0.717) is 36.0 Å². The number of aliphatic imine (C=N–C) groups is 1. The lowest BCUT2D eigenvalue weighted by atomic mass is 10.0. The van der Waals surface area contributed by atoms with Crippen LogP contribution in [-0.2, 0) is 4.74 Å². The summed E-state index contributed by atoms with van der Waals surface area (Å²) >= 11 is 0. The Kier molecular flexibility index (Phi) is 5.36. The van der Waals surface area contributed by atoms with Crippen molar-refractivity contribution in [2.45, 2.75) is 6.42 Å². The van der Waals surface area contributed by atoms with E-state index in [0.717, 1.165) is 29.7 Å². The fourth-order valence-electron chi connectivity index (χ4n) is 3.75. The summed E-state index contributed by atoms with van der Waals surface area (Å²) in [6.07, 6.45) is 5.98. The first kappa shape index (κ1) is 20.3. The van der Waals surface area contributed by atoms with Crippen LogP contribution in [0.25, 0.3) is 16.8 Å². The lowest BCUT2D eigenvalue weighted by Gasteiger charge is -2.14. The van der Waals surface area contributed by atoms with Crippen molar-refractivity contribution < 1.29 is 17.9 Å². The summed E-state index contributed by atoms with van der Waals surface area (Å²) in [5.74, 6) is -1.42. The molecule has 0 atom stereocenters. The van der Waals surface area contributed by atoms with Crippen LogP contribution < -0.4 is 10.6 Å². The minimum Gasteiger partial charge on any atom is -0.382 e. The zero-order chi connectivity index (χ0) is 22.1. The molecule has 2 aliphatic heterocycles. The predicted molar refractivity (Wildman–Crippen MR) is 116 cm³/mol. The van der Waals surface area contributed by atoms with Gasteiger partial charge in [-0.1, -0.05) is 6.08 Å². The van der Waals surface area contributed by atoms with Crippen molar-refractivity contribution in [2.24, 2.45) is 4.99 Å². The molecule has 5 rings (SSSR count). The van der Waals surface area contributed by atoms with Gasteiger partial charge in [0.1, 0.15) is 24.1 Å². The Labute approximate surface area is 181 Å². The highest BCUT2D eigenvalue weighted by Crippen LogP contribution is 2.38. The number of nitrogens with zero attached hydrogens (tertiary/aromatic N) is 3. The molecule has 10 heteroatoms. The van der Waals surface area contributed by atoms with Gasteiger partial charge in [0.2, 0.25) is 0 Å². The zero-order valence-electron chi connectivity index (χ0n) is 16.9. The number of anilines is 2. The SMILES string of the molecule is FCCNc1cc(F)c(C2=Nc3ncc(C4=CCOCC4)cc3-c3[nH]ncc3N2)c(F)c1. The van der Waals surface area contributed by atoms with Crippen LogP contribution in [-0.4, -0.2) is 47.5 Å². The molecule has 0 amide bonds. The van der Waals surface area contributed by atoms with Gasteiger partial charge < -0.3 is 15.4 Å². The van der Waals surface area contributed by atoms with Gasteiger partial charge in [-0.05, 0) is 35.8 Å². The van der Waals surface area contributed by atoms with E-state index in [1.165, 1.54) is 6.20 Å². The number of amidine groups is 1. The molecule has 0 spiro atoms. The fourth-order valence-corrected chi connectivity index (χ4v) is 3.75. The first-order valence-electron chi connectivity index (χ1n) is 10.1. The highest BCUT2D eigenvalue weighted by atomic mass is 19.1. The molecule has 0 radical (unpaired) electrons. The first-order chi connectivity index (χ1) is 15.6. The van der Waals surface area contributed by atoms with Crippen LogP contribution >= 0.6 is 0 Å². The van der Waals surface area contributed by atoms with E-state index < -0.39 is 18.3 Å². The van der Waals surface area contributed by atoms with E-state index >= 15 is 0 Å². The van der Waals surface area contributed by atoms with Crippen LogP contribution in [0.1, 0.15) is 17.5 Å². The van der Waals surface area contributed by atoms with Crippen LogP contribution in [0.2, 0.25) is 0 Å². The Hall–Kier alpha value is -3.66. The van der Waals surface area contributed by atoms with Gasteiger partial charge in [-0.25, -0.2) is 23.1 Å². The second-order valence-electron chi connectivity index (χ2n) is 7.32. The fraction of sp³-hybridized carbons (Fsp3) is 0.227. The molecular formula is C22H19F3N6O. The molecule has 0 fully saturated rings. The van der Waals surface area contributed by atoms with Gasteiger partial charge in [0, 0.05) is 24.0 Å². The second kappa shape index (κ2) is 8.46. The summed E-state index contributed by atoms with van der Waals surface area (Å²) in [6, 6.07) is 4.14. The minimum atomic E-state index is -0.838. The van der Waals surface area contributed by atoms with Crippen molar-refractivity contribution in [3.63, 3.8) is 0 Å². The maximum atomic E-state index is 14.9. The van der Waals surface area contributed by atoms with Crippen molar-refractivity contribution in [2.75, 3.05) is 37.1 Å². The first-order valence-corrected chi connectivity index (χ1v) is 10.1. The third kappa shape index (κ3) is 3.73. The number of benzene rings is 1. The average molecular weight is 440 g/mol. The van der Waals surface area contributed by atoms with Crippen LogP contribution in [0, 0.1) is 11.6 Å². The van der Waals surface area contributed by atoms with E-state index in [4.69, 9.17) is 4.74 Å². The number of fused-ring (bicyclic) bond motifs is 3. The molecule has 0 unspecified atom stereocenters. The third-order valence-electron chi connectivity index (χ3n) is 5.28. The second-order valence-corrected chi connectivity index (χ2v) is 7.32. The van der Waals surface area contributed by atoms with Crippen molar-refractivity contribution in [1.82, 2.24) is 15.2 Å². The number of rotatable bonds is 5. The molecule has 2 aromatic heterocycles. The van der Waals surface area contributed by atoms with Crippen molar-refractivity contribution in [3.8, 4) is 11.3 Å². The summed E-state index contributed by atoms with van der Waals surface area (Å²) < 4.78 is 47.5. The molecular weight excluding hydrogens is 421 g/mol. The Bertz CT molecular complexity index is 1210. The number of aromatic amines is 1. The highest BCUT2D eigenvalue weighted by molar-refractivity contribution is 6.13. The van der Waals surface area contributed by atoms with E-state index in [-0.39, 0.29) is 23.6 Å². The topological polar surface area (TPSA) is 87.2 Å². The average Bonchev–Trinajstić information content (AvgIpc) is 3.20. The largest absolute Gasteiger partial charge is 0.382 e. The predicted octanol–water partition coefficient (Wildman–Crippen LogP) is 4.44. The number of halogens is 3. The maximum Gasteiger partial charge on any atom is 0.163 e. The lowest BCUT2D eigenvalue weighted by Crippen LogP contribution is -2.17. The Balaban J connectivity index is 1.60. The normalized spacial score (nSPS) is 15.1. The Morgan fingerprint density at radius 3 is 2.72 bits per heavy atom. The van der Waals surface area contributed by atoms with E-state index in [9.17, 15) is 13.2 Å². The Morgan fingerprint density at radius 1 is 1.12 bits per heavy atom. The number of alkyl halides is 1. The van der Waals surface area contributed by atoms with Gasteiger partial charge in [0.15, 0.2) is 5.82 Å². The molecule has 0 saturated carbocycles. The lowest BCUT2D eigenvalue weighted by molar-refractivity contribution is 0.161. The van der Waals surface area contributed by atoms with Gasteiger partial charge in [0.05, 0.1) is 36.4 Å². The third-order valence-corrected chi connectivity index (χ3v) is 5.28. The van der Waals surface area contributed by atoms with Crippen LogP contribution in [0.4, 0.5) is 30.4 Å². The van der Waals surface area contributed by atoms with Crippen molar-refractivity contribution >= 4 is 28.6 Å². The highest BCUT2D eigenvalue weighted by Gasteiger charge is 2.25. The number of hydrogen-bond donors (Lipinski definition) is 3. The molecule has 3 N–H and O–H groups in total. The van der Waals surface area contributed by atoms with Crippen LogP contribution in [0.3, 0.4) is 0 Å². The summed E-state index contributed by atoms with van der Waals surface area (Å²) in [5, 5.41) is 12.6. The van der Waals surface area contributed by atoms with Crippen LogP contribution in [0.15, 0.2) is 41.7 Å². The summed E-state index contributed by atoms with van der Waals surface area (Å²) in [6.45, 7) is 0.478.